The summed E-state index contributed by atoms with van der Waals surface area (Å²) in [6.07, 6.45) is 1.75. The molecule has 0 unspecified atom stereocenters. The zero-order chi connectivity index (χ0) is 18.8. The third kappa shape index (κ3) is 2.99. The molecule has 3 rings (SSSR count). The summed E-state index contributed by atoms with van der Waals surface area (Å²) in [6.45, 7) is 0.104. The van der Waals surface area contributed by atoms with Gasteiger partial charge in [0.15, 0.2) is 11.2 Å². The predicted octanol–water partition coefficient (Wildman–Crippen LogP) is 0.386. The Kier molecular flexibility index (Phi) is 4.61. The van der Waals surface area contributed by atoms with Gasteiger partial charge in [-0.25, -0.2) is 14.6 Å². The van der Waals surface area contributed by atoms with Crippen LogP contribution in [0.2, 0.25) is 0 Å². The summed E-state index contributed by atoms with van der Waals surface area (Å²) in [5.41, 5.74) is -0.191. The molecule has 136 valence electrons. The van der Waals surface area contributed by atoms with Crippen molar-refractivity contribution in [1.29, 1.82) is 0 Å². The molecule has 9 heteroatoms. The first-order valence-corrected chi connectivity index (χ1v) is 7.97. The molecule has 2 heterocycles. The second-order valence-corrected chi connectivity index (χ2v) is 5.83. The standard InChI is InChI=1S/C17H18N4O5/c1-19-10-18-14-13(19)15(23)21(17(25)20(14)2)8-5-9-26-16(24)11-6-3-4-7-12(11)22/h3-4,6-7,10,22H,5,8-9H2,1-2H3. The van der Waals surface area contributed by atoms with Gasteiger partial charge in [-0.3, -0.25) is 13.9 Å². The maximum atomic E-state index is 12.5. The molecule has 9 nitrogen and oxygen atoms in total. The molecular formula is C17H18N4O5. The van der Waals surface area contributed by atoms with Gasteiger partial charge in [0.05, 0.1) is 12.9 Å². The van der Waals surface area contributed by atoms with Crippen molar-refractivity contribution in [2.24, 2.45) is 14.1 Å². The highest BCUT2D eigenvalue weighted by molar-refractivity contribution is 5.92. The highest BCUT2D eigenvalue weighted by atomic mass is 16.5. The third-order valence-electron chi connectivity index (χ3n) is 4.08. The average molecular weight is 358 g/mol. The van der Waals surface area contributed by atoms with Crippen LogP contribution < -0.4 is 11.2 Å². The predicted molar refractivity (Wildman–Crippen MR) is 93.2 cm³/mol. The van der Waals surface area contributed by atoms with Crippen molar-refractivity contribution in [2.45, 2.75) is 13.0 Å². The number of carbonyl (C=O) groups excluding carboxylic acids is 1. The van der Waals surface area contributed by atoms with Crippen LogP contribution in [0.3, 0.4) is 0 Å². The van der Waals surface area contributed by atoms with E-state index in [0.29, 0.717) is 11.2 Å². The topological polar surface area (TPSA) is 108 Å². The van der Waals surface area contributed by atoms with E-state index >= 15 is 0 Å². The van der Waals surface area contributed by atoms with E-state index in [2.05, 4.69) is 4.98 Å². The van der Waals surface area contributed by atoms with Crippen molar-refractivity contribution < 1.29 is 14.6 Å². The lowest BCUT2D eigenvalue weighted by molar-refractivity contribution is 0.0492. The van der Waals surface area contributed by atoms with Crippen molar-refractivity contribution in [3.05, 3.63) is 57.0 Å². The first kappa shape index (κ1) is 17.5. The number of aryl methyl sites for hydroxylation is 2. The van der Waals surface area contributed by atoms with E-state index in [9.17, 15) is 19.5 Å². The molecule has 0 fully saturated rings. The van der Waals surface area contributed by atoms with Crippen LogP contribution in [-0.2, 0) is 25.4 Å². The Balaban J connectivity index is 1.72. The molecule has 3 aromatic rings. The molecule has 0 saturated carbocycles. The number of para-hydroxylation sites is 1. The number of hydrogen-bond donors (Lipinski definition) is 1. The Morgan fingerprint density at radius 3 is 2.69 bits per heavy atom. The van der Waals surface area contributed by atoms with Gasteiger partial charge in [0, 0.05) is 20.6 Å². The number of benzene rings is 1. The first-order chi connectivity index (χ1) is 12.4. The summed E-state index contributed by atoms with van der Waals surface area (Å²) in [6, 6.07) is 6.06. The van der Waals surface area contributed by atoms with Crippen LogP contribution in [0.1, 0.15) is 16.8 Å². The van der Waals surface area contributed by atoms with Crippen molar-refractivity contribution in [3.63, 3.8) is 0 Å². The molecule has 1 aromatic carbocycles. The van der Waals surface area contributed by atoms with Crippen molar-refractivity contribution in [2.75, 3.05) is 6.61 Å². The number of aromatic nitrogens is 4. The molecule has 0 bridgehead atoms. The Morgan fingerprint density at radius 1 is 1.23 bits per heavy atom. The molecule has 0 amide bonds. The maximum absolute atomic E-state index is 12.5. The maximum Gasteiger partial charge on any atom is 0.341 e. The smallest absolute Gasteiger partial charge is 0.341 e. The molecule has 0 aliphatic rings. The van der Waals surface area contributed by atoms with Crippen LogP contribution in [0.15, 0.2) is 40.2 Å². The molecule has 2 aromatic heterocycles. The fraction of sp³-hybridized carbons (Fsp3) is 0.294. The van der Waals surface area contributed by atoms with E-state index < -0.39 is 17.2 Å². The average Bonchev–Trinajstić information content (AvgIpc) is 3.01. The lowest BCUT2D eigenvalue weighted by atomic mass is 10.2. The lowest BCUT2D eigenvalue weighted by Gasteiger charge is -2.09. The number of phenols is 1. The molecule has 26 heavy (non-hydrogen) atoms. The van der Waals surface area contributed by atoms with Crippen LogP contribution in [0.4, 0.5) is 0 Å². The van der Waals surface area contributed by atoms with Crippen molar-refractivity contribution in [1.82, 2.24) is 18.7 Å². The third-order valence-corrected chi connectivity index (χ3v) is 4.08. The van der Waals surface area contributed by atoms with Gasteiger partial charge in [0.25, 0.3) is 5.56 Å². The number of hydrogen-bond acceptors (Lipinski definition) is 6. The Bertz CT molecular complexity index is 1090. The Morgan fingerprint density at radius 2 is 1.96 bits per heavy atom. The van der Waals surface area contributed by atoms with Crippen LogP contribution in [-0.4, -0.2) is 36.4 Å². The van der Waals surface area contributed by atoms with Gasteiger partial charge in [0.1, 0.15) is 11.3 Å². The zero-order valence-electron chi connectivity index (χ0n) is 14.4. The number of carbonyl (C=O) groups is 1. The number of imidazole rings is 1. The fourth-order valence-corrected chi connectivity index (χ4v) is 2.70. The van der Waals surface area contributed by atoms with Crippen LogP contribution in [0.25, 0.3) is 11.2 Å². The molecule has 0 spiro atoms. The monoisotopic (exact) mass is 358 g/mol. The van der Waals surface area contributed by atoms with E-state index in [1.54, 1.807) is 30.8 Å². The van der Waals surface area contributed by atoms with Gasteiger partial charge in [0.2, 0.25) is 0 Å². The van der Waals surface area contributed by atoms with Crippen molar-refractivity contribution >= 4 is 17.1 Å². The van der Waals surface area contributed by atoms with E-state index in [0.717, 1.165) is 4.57 Å². The lowest BCUT2D eigenvalue weighted by Crippen LogP contribution is -2.39. The molecule has 0 aliphatic carbocycles. The van der Waals surface area contributed by atoms with Crippen molar-refractivity contribution in [3.8, 4) is 5.75 Å². The summed E-state index contributed by atoms with van der Waals surface area (Å²) < 4.78 is 9.06. The molecule has 0 atom stereocenters. The number of rotatable bonds is 5. The molecule has 1 N–H and O–H groups in total. The summed E-state index contributed by atoms with van der Waals surface area (Å²) in [4.78, 5) is 40.9. The van der Waals surface area contributed by atoms with Gasteiger partial charge in [-0.1, -0.05) is 12.1 Å². The van der Waals surface area contributed by atoms with E-state index in [1.165, 1.54) is 23.0 Å². The summed E-state index contributed by atoms with van der Waals surface area (Å²) in [5, 5.41) is 9.63. The minimum Gasteiger partial charge on any atom is -0.507 e. The second-order valence-electron chi connectivity index (χ2n) is 5.83. The number of nitrogens with zero attached hydrogens (tertiary/aromatic N) is 4. The minimum absolute atomic E-state index is 0.00614. The number of ether oxygens (including phenoxy) is 1. The fourth-order valence-electron chi connectivity index (χ4n) is 2.70. The highest BCUT2D eigenvalue weighted by Gasteiger charge is 2.15. The minimum atomic E-state index is -0.662. The summed E-state index contributed by atoms with van der Waals surface area (Å²) >= 11 is 0. The van der Waals surface area contributed by atoms with Gasteiger partial charge < -0.3 is 14.4 Å². The Labute approximate surface area is 147 Å². The van der Waals surface area contributed by atoms with Crippen LogP contribution >= 0.6 is 0 Å². The largest absolute Gasteiger partial charge is 0.507 e. The first-order valence-electron chi connectivity index (χ1n) is 7.97. The molecule has 0 aliphatic heterocycles. The quantitative estimate of drug-likeness (QED) is 0.522. The normalized spacial score (nSPS) is 11.0. The number of phenolic OH excluding ortho intramolecular Hbond substituents is 1. The number of aromatic hydroxyl groups is 1. The Hall–Kier alpha value is -3.36. The van der Waals surface area contributed by atoms with Gasteiger partial charge in [-0.15, -0.1) is 0 Å². The van der Waals surface area contributed by atoms with Crippen LogP contribution in [0.5, 0.6) is 5.75 Å². The molecule has 0 radical (unpaired) electrons. The number of esters is 1. The van der Waals surface area contributed by atoms with Crippen LogP contribution in [0, 0.1) is 0 Å². The second kappa shape index (κ2) is 6.87. The molecule has 0 saturated heterocycles. The SMILES string of the molecule is Cn1cnc2c1c(=O)n(CCCOC(=O)c1ccccc1O)c(=O)n2C. The van der Waals surface area contributed by atoms with E-state index in [4.69, 9.17) is 4.74 Å². The zero-order valence-corrected chi connectivity index (χ0v) is 14.4. The van der Waals surface area contributed by atoms with Gasteiger partial charge >= 0.3 is 11.7 Å². The molecular weight excluding hydrogens is 340 g/mol. The van der Waals surface area contributed by atoms with Gasteiger partial charge in [-0.05, 0) is 18.6 Å². The van der Waals surface area contributed by atoms with E-state index in [1.807, 2.05) is 0 Å². The van der Waals surface area contributed by atoms with Gasteiger partial charge in [-0.2, -0.15) is 0 Å². The number of fused-ring (bicyclic) bond motifs is 1. The van der Waals surface area contributed by atoms with E-state index in [-0.39, 0.29) is 30.9 Å². The summed E-state index contributed by atoms with van der Waals surface area (Å²) in [7, 11) is 3.23. The summed E-state index contributed by atoms with van der Waals surface area (Å²) in [5.74, 6) is -0.824. The highest BCUT2D eigenvalue weighted by Crippen LogP contribution is 2.16.